The van der Waals surface area contributed by atoms with E-state index in [1.165, 1.54) is 18.2 Å². The number of aliphatic hydroxyl groups is 1. The first-order chi connectivity index (χ1) is 11.8. The fraction of sp³-hybridized carbons (Fsp3) is 0.667. The van der Waals surface area contributed by atoms with Crippen molar-refractivity contribution in [3.63, 3.8) is 0 Å². The van der Waals surface area contributed by atoms with Gasteiger partial charge in [-0.1, -0.05) is 20.8 Å². The summed E-state index contributed by atoms with van der Waals surface area (Å²) in [4.78, 5) is 10.00. The average Bonchev–Trinajstić information content (AvgIpc) is 2.51. The van der Waals surface area contributed by atoms with Gasteiger partial charge in [0.15, 0.2) is 9.84 Å². The van der Waals surface area contributed by atoms with Crippen molar-refractivity contribution in [2.24, 2.45) is 11.3 Å². The number of anilines is 1. The summed E-state index contributed by atoms with van der Waals surface area (Å²) in [7, 11) is -3.73. The molecule has 0 unspecified atom stereocenters. The van der Waals surface area contributed by atoms with E-state index in [2.05, 4.69) is 26.1 Å². The van der Waals surface area contributed by atoms with Crippen LogP contribution in [0.2, 0.25) is 0 Å². The molecule has 0 aromatic heterocycles. The molecule has 0 spiro atoms. The van der Waals surface area contributed by atoms with E-state index < -0.39 is 26.0 Å². The lowest BCUT2D eigenvalue weighted by Crippen LogP contribution is -2.42. The fourth-order valence-electron chi connectivity index (χ4n) is 3.54. The van der Waals surface area contributed by atoms with Gasteiger partial charge < -0.3 is 10.4 Å². The van der Waals surface area contributed by atoms with Crippen molar-refractivity contribution in [3.05, 3.63) is 28.3 Å². The molecule has 7 nitrogen and oxygen atoms in total. The second-order valence-electron chi connectivity index (χ2n) is 8.43. The quantitative estimate of drug-likeness (QED) is 0.595. The van der Waals surface area contributed by atoms with E-state index in [9.17, 15) is 23.6 Å². The van der Waals surface area contributed by atoms with Crippen LogP contribution >= 0.6 is 0 Å². The third-order valence-electron chi connectivity index (χ3n) is 5.32. The van der Waals surface area contributed by atoms with E-state index in [-0.39, 0.29) is 16.9 Å². The highest BCUT2D eigenvalue weighted by Gasteiger charge is 2.37. The third-order valence-corrected chi connectivity index (χ3v) is 6.44. The van der Waals surface area contributed by atoms with Crippen LogP contribution in [0.3, 0.4) is 0 Å². The monoisotopic (exact) mass is 384 g/mol. The Morgan fingerprint density at radius 3 is 2.35 bits per heavy atom. The molecule has 0 amide bonds. The number of nitro groups is 1. The van der Waals surface area contributed by atoms with Crippen molar-refractivity contribution in [1.82, 2.24) is 0 Å². The molecule has 1 fully saturated rings. The van der Waals surface area contributed by atoms with Crippen molar-refractivity contribution in [2.75, 3.05) is 18.1 Å². The predicted molar refractivity (Wildman–Crippen MR) is 101 cm³/mol. The maximum Gasteiger partial charge on any atom is 0.288 e. The van der Waals surface area contributed by atoms with E-state index in [1.807, 2.05) is 0 Å². The molecule has 1 saturated carbocycles. The van der Waals surface area contributed by atoms with Gasteiger partial charge in [-0.05, 0) is 49.1 Å². The highest BCUT2D eigenvalue weighted by molar-refractivity contribution is 7.90. The molecule has 8 heteroatoms. The molecule has 0 radical (unpaired) electrons. The average molecular weight is 384 g/mol. The Kier molecular flexibility index (Phi) is 5.68. The van der Waals surface area contributed by atoms with E-state index >= 15 is 0 Å². The first kappa shape index (κ1) is 20.6. The number of nitrogens with zero attached hydrogens (tertiary/aromatic N) is 1. The summed E-state index contributed by atoms with van der Waals surface area (Å²) < 4.78 is 23.7. The number of hydrogen-bond donors (Lipinski definition) is 2. The molecule has 1 aromatic rings. The Morgan fingerprint density at radius 1 is 1.31 bits per heavy atom. The molecule has 1 aliphatic rings. The minimum absolute atomic E-state index is 0.220. The summed E-state index contributed by atoms with van der Waals surface area (Å²) in [5.74, 6) is 0.569. The van der Waals surface area contributed by atoms with Crippen LogP contribution in [0, 0.1) is 21.4 Å². The Bertz CT molecular complexity index is 775. The normalized spacial score (nSPS) is 24.3. The fourth-order valence-corrected chi connectivity index (χ4v) is 4.40. The zero-order chi connectivity index (χ0) is 19.8. The molecular weight excluding hydrogens is 356 g/mol. The van der Waals surface area contributed by atoms with Crippen LogP contribution in [0.1, 0.15) is 46.5 Å². The summed E-state index contributed by atoms with van der Waals surface area (Å²) in [5, 5.41) is 24.9. The molecule has 26 heavy (non-hydrogen) atoms. The van der Waals surface area contributed by atoms with Gasteiger partial charge in [0.1, 0.15) is 4.90 Å². The molecular formula is C18H28N2O5S. The molecule has 2 rings (SSSR count). The molecule has 0 heterocycles. The standard InChI is InChI=1S/C18H28N2O5S/c1-17(2,3)13-7-9-18(21,10-8-13)12-19-14-5-6-15(20(22)23)16(11-14)26(4,24)25/h5-6,11,13,19,21H,7-10,12H2,1-4H3. The maximum absolute atomic E-state index is 11.8. The smallest absolute Gasteiger partial charge is 0.288 e. The van der Waals surface area contributed by atoms with Crippen LogP contribution < -0.4 is 5.32 Å². The van der Waals surface area contributed by atoms with Gasteiger partial charge in [-0.15, -0.1) is 0 Å². The van der Waals surface area contributed by atoms with Crippen molar-refractivity contribution in [3.8, 4) is 0 Å². The molecule has 2 N–H and O–H groups in total. The molecule has 0 bridgehead atoms. The minimum Gasteiger partial charge on any atom is -0.388 e. The van der Waals surface area contributed by atoms with Crippen LogP contribution in [0.4, 0.5) is 11.4 Å². The first-order valence-corrected chi connectivity index (χ1v) is 10.7. The van der Waals surface area contributed by atoms with Crippen LogP contribution in [-0.4, -0.2) is 36.8 Å². The second-order valence-corrected chi connectivity index (χ2v) is 10.4. The van der Waals surface area contributed by atoms with Crippen LogP contribution in [0.25, 0.3) is 0 Å². The van der Waals surface area contributed by atoms with Gasteiger partial charge in [0.05, 0.1) is 10.5 Å². The summed E-state index contributed by atoms with van der Waals surface area (Å²) in [6, 6.07) is 3.91. The molecule has 1 aliphatic carbocycles. The predicted octanol–water partition coefficient (Wildman–Crippen LogP) is 3.38. The molecule has 1 aromatic carbocycles. The third kappa shape index (κ3) is 4.94. The number of nitrogens with one attached hydrogen (secondary N) is 1. The van der Waals surface area contributed by atoms with E-state index in [4.69, 9.17) is 0 Å². The number of rotatable bonds is 5. The zero-order valence-electron chi connectivity index (χ0n) is 15.8. The van der Waals surface area contributed by atoms with Crippen LogP contribution in [-0.2, 0) is 9.84 Å². The van der Waals surface area contributed by atoms with E-state index in [0.717, 1.165) is 19.1 Å². The second kappa shape index (κ2) is 7.15. The molecule has 0 aliphatic heterocycles. The zero-order valence-corrected chi connectivity index (χ0v) is 16.6. The lowest BCUT2D eigenvalue weighted by Gasteiger charge is -2.41. The molecule has 0 saturated heterocycles. The highest BCUT2D eigenvalue weighted by Crippen LogP contribution is 2.41. The van der Waals surface area contributed by atoms with Gasteiger partial charge in [0.2, 0.25) is 0 Å². The number of benzene rings is 1. The topological polar surface area (TPSA) is 110 Å². The van der Waals surface area contributed by atoms with Gasteiger partial charge in [-0.25, -0.2) is 8.42 Å². The van der Waals surface area contributed by atoms with Gasteiger partial charge in [-0.2, -0.15) is 0 Å². The summed E-state index contributed by atoms with van der Waals surface area (Å²) >= 11 is 0. The molecule has 0 atom stereocenters. The highest BCUT2D eigenvalue weighted by atomic mass is 32.2. The van der Waals surface area contributed by atoms with E-state index in [1.54, 1.807) is 0 Å². The Labute approximate surface area is 154 Å². The first-order valence-electron chi connectivity index (χ1n) is 8.77. The van der Waals surface area contributed by atoms with E-state index in [0.29, 0.717) is 24.4 Å². The SMILES string of the molecule is CC(C)(C)C1CCC(O)(CNc2ccc([N+](=O)[O-])c(S(C)(=O)=O)c2)CC1. The summed E-state index contributed by atoms with van der Waals surface area (Å²) in [6.45, 7) is 6.92. The van der Waals surface area contributed by atoms with Crippen molar-refractivity contribution < 1.29 is 18.4 Å². The van der Waals surface area contributed by atoms with Crippen molar-refractivity contribution in [1.29, 1.82) is 0 Å². The minimum atomic E-state index is -3.73. The van der Waals surface area contributed by atoms with Crippen molar-refractivity contribution in [2.45, 2.75) is 57.0 Å². The lowest BCUT2D eigenvalue weighted by atomic mass is 9.68. The number of sulfone groups is 1. The van der Waals surface area contributed by atoms with Crippen LogP contribution in [0.15, 0.2) is 23.1 Å². The van der Waals surface area contributed by atoms with Crippen molar-refractivity contribution >= 4 is 21.2 Å². The van der Waals surface area contributed by atoms with Crippen LogP contribution in [0.5, 0.6) is 0 Å². The number of nitro benzene ring substituents is 1. The summed E-state index contributed by atoms with van der Waals surface area (Å²) in [5.41, 5.74) is -0.628. The largest absolute Gasteiger partial charge is 0.388 e. The Hall–Kier alpha value is -1.67. The molecule has 146 valence electrons. The maximum atomic E-state index is 11.8. The Morgan fingerprint density at radius 2 is 1.88 bits per heavy atom. The Balaban J connectivity index is 2.09. The van der Waals surface area contributed by atoms with Gasteiger partial charge >= 0.3 is 0 Å². The lowest BCUT2D eigenvalue weighted by molar-refractivity contribution is -0.387. The van der Waals surface area contributed by atoms with Gasteiger partial charge in [0.25, 0.3) is 5.69 Å². The number of hydrogen-bond acceptors (Lipinski definition) is 6. The van der Waals surface area contributed by atoms with Gasteiger partial charge in [0, 0.05) is 24.6 Å². The summed E-state index contributed by atoms with van der Waals surface area (Å²) in [6.07, 6.45) is 4.18. The van der Waals surface area contributed by atoms with Gasteiger partial charge in [-0.3, -0.25) is 10.1 Å².